The van der Waals surface area contributed by atoms with Gasteiger partial charge in [0.1, 0.15) is 5.75 Å². The summed E-state index contributed by atoms with van der Waals surface area (Å²) < 4.78 is 33.1. The Labute approximate surface area is 156 Å². The molecule has 5 heteroatoms. The fourth-order valence-electron chi connectivity index (χ4n) is 3.55. The van der Waals surface area contributed by atoms with Crippen molar-refractivity contribution in [1.82, 2.24) is 4.31 Å². The van der Waals surface area contributed by atoms with E-state index in [0.29, 0.717) is 17.2 Å². The Morgan fingerprint density at radius 3 is 2.38 bits per heavy atom. The summed E-state index contributed by atoms with van der Waals surface area (Å²) in [5, 5.41) is 0. The molecule has 0 bridgehead atoms. The standard InChI is InChI=1S/C21H27NO3S/c1-17-6-8-18(9-7-17)10-11-19-5-3-4-16-22(19)26(23,24)21-14-12-20(25-2)13-15-21/h6-9,12-15,19H,3-5,10-11,16H2,1-2H3. The summed E-state index contributed by atoms with van der Waals surface area (Å²) in [5.41, 5.74) is 2.51. The molecule has 1 unspecified atom stereocenters. The van der Waals surface area contributed by atoms with Crippen LogP contribution in [0.3, 0.4) is 0 Å². The lowest BCUT2D eigenvalue weighted by Crippen LogP contribution is -2.43. The Balaban J connectivity index is 1.75. The third-order valence-corrected chi connectivity index (χ3v) is 7.09. The Hall–Kier alpha value is -1.85. The second-order valence-electron chi connectivity index (χ2n) is 6.97. The minimum absolute atomic E-state index is 0.0668. The summed E-state index contributed by atoms with van der Waals surface area (Å²) in [5.74, 6) is 0.665. The van der Waals surface area contributed by atoms with Crippen LogP contribution in [0.4, 0.5) is 0 Å². The van der Waals surface area contributed by atoms with E-state index in [4.69, 9.17) is 4.74 Å². The van der Waals surface area contributed by atoms with Crippen molar-refractivity contribution >= 4 is 10.0 Å². The Kier molecular flexibility index (Phi) is 5.99. The average molecular weight is 374 g/mol. The summed E-state index contributed by atoms with van der Waals surface area (Å²) in [4.78, 5) is 0.348. The second-order valence-corrected chi connectivity index (χ2v) is 8.86. The van der Waals surface area contributed by atoms with Crippen molar-refractivity contribution in [1.29, 1.82) is 0 Å². The van der Waals surface area contributed by atoms with Crippen LogP contribution in [0, 0.1) is 6.92 Å². The highest BCUT2D eigenvalue weighted by Crippen LogP contribution is 2.28. The molecule has 1 heterocycles. The molecular formula is C21H27NO3S. The number of methoxy groups -OCH3 is 1. The van der Waals surface area contributed by atoms with Crippen molar-refractivity contribution in [3.05, 3.63) is 59.7 Å². The SMILES string of the molecule is COc1ccc(S(=O)(=O)N2CCCCC2CCc2ccc(C)cc2)cc1. The van der Waals surface area contributed by atoms with Crippen molar-refractivity contribution in [2.45, 2.75) is 50.0 Å². The number of aryl methyl sites for hydroxylation is 2. The fraction of sp³-hybridized carbons (Fsp3) is 0.429. The minimum Gasteiger partial charge on any atom is -0.497 e. The van der Waals surface area contributed by atoms with Gasteiger partial charge in [-0.25, -0.2) is 8.42 Å². The maximum atomic E-state index is 13.1. The number of nitrogens with zero attached hydrogens (tertiary/aromatic N) is 1. The molecule has 0 spiro atoms. The molecule has 1 fully saturated rings. The van der Waals surface area contributed by atoms with Gasteiger partial charge in [0.2, 0.25) is 10.0 Å². The monoisotopic (exact) mass is 373 g/mol. The van der Waals surface area contributed by atoms with Gasteiger partial charge in [-0.3, -0.25) is 0 Å². The maximum absolute atomic E-state index is 13.1. The maximum Gasteiger partial charge on any atom is 0.243 e. The molecule has 2 aromatic rings. The summed E-state index contributed by atoms with van der Waals surface area (Å²) in [7, 11) is -1.89. The highest BCUT2D eigenvalue weighted by molar-refractivity contribution is 7.89. The third-order valence-electron chi connectivity index (χ3n) is 5.13. The van der Waals surface area contributed by atoms with Gasteiger partial charge in [-0.1, -0.05) is 36.2 Å². The van der Waals surface area contributed by atoms with Crippen LogP contribution in [-0.2, 0) is 16.4 Å². The molecule has 140 valence electrons. The van der Waals surface area contributed by atoms with Crippen LogP contribution in [0.15, 0.2) is 53.4 Å². The molecule has 0 amide bonds. The smallest absolute Gasteiger partial charge is 0.243 e. The number of ether oxygens (including phenoxy) is 1. The van der Waals surface area contributed by atoms with E-state index in [1.54, 1.807) is 35.7 Å². The van der Waals surface area contributed by atoms with Gasteiger partial charge in [0, 0.05) is 12.6 Å². The zero-order valence-electron chi connectivity index (χ0n) is 15.5. The van der Waals surface area contributed by atoms with Gasteiger partial charge in [0.25, 0.3) is 0 Å². The average Bonchev–Trinajstić information content (AvgIpc) is 2.68. The van der Waals surface area contributed by atoms with Gasteiger partial charge in [-0.05, 0) is 62.4 Å². The van der Waals surface area contributed by atoms with Crippen molar-refractivity contribution in [3.8, 4) is 5.75 Å². The van der Waals surface area contributed by atoms with E-state index in [0.717, 1.165) is 32.1 Å². The van der Waals surface area contributed by atoms with Crippen LogP contribution in [-0.4, -0.2) is 32.4 Å². The van der Waals surface area contributed by atoms with Gasteiger partial charge in [0.15, 0.2) is 0 Å². The predicted molar refractivity (Wildman–Crippen MR) is 104 cm³/mol. The van der Waals surface area contributed by atoms with Crippen LogP contribution >= 0.6 is 0 Å². The number of hydrogen-bond donors (Lipinski definition) is 0. The lowest BCUT2D eigenvalue weighted by Gasteiger charge is -2.35. The Morgan fingerprint density at radius 2 is 1.73 bits per heavy atom. The van der Waals surface area contributed by atoms with Gasteiger partial charge >= 0.3 is 0 Å². The quantitative estimate of drug-likeness (QED) is 0.763. The normalized spacial score (nSPS) is 18.6. The lowest BCUT2D eigenvalue weighted by molar-refractivity contribution is 0.241. The summed E-state index contributed by atoms with van der Waals surface area (Å²) >= 11 is 0. The number of sulfonamides is 1. The first-order chi connectivity index (χ1) is 12.5. The molecule has 0 aromatic heterocycles. The minimum atomic E-state index is -3.47. The highest BCUT2D eigenvalue weighted by atomic mass is 32.2. The number of benzene rings is 2. The molecule has 1 aliphatic heterocycles. The van der Waals surface area contributed by atoms with E-state index in [2.05, 4.69) is 31.2 Å². The first-order valence-electron chi connectivity index (χ1n) is 9.22. The second kappa shape index (κ2) is 8.23. The zero-order chi connectivity index (χ0) is 18.6. The number of piperidine rings is 1. The molecule has 1 aliphatic rings. The molecule has 3 rings (SSSR count). The molecule has 4 nitrogen and oxygen atoms in total. The lowest BCUT2D eigenvalue weighted by atomic mass is 9.97. The van der Waals surface area contributed by atoms with E-state index in [1.165, 1.54) is 11.1 Å². The van der Waals surface area contributed by atoms with E-state index < -0.39 is 10.0 Å². The predicted octanol–water partition coefficient (Wildman–Crippen LogP) is 4.18. The van der Waals surface area contributed by atoms with Crippen LogP contribution in [0.25, 0.3) is 0 Å². The first kappa shape index (κ1) is 18.9. The summed E-state index contributed by atoms with van der Waals surface area (Å²) in [6.45, 7) is 2.68. The van der Waals surface area contributed by atoms with Crippen LogP contribution in [0.1, 0.15) is 36.8 Å². The topological polar surface area (TPSA) is 46.6 Å². The summed E-state index contributed by atoms with van der Waals surface area (Å²) in [6.07, 6.45) is 4.71. The van der Waals surface area contributed by atoms with Gasteiger partial charge in [-0.2, -0.15) is 4.31 Å². The Bertz CT molecular complexity index is 813. The molecular weight excluding hydrogens is 346 g/mol. The third kappa shape index (κ3) is 4.27. The zero-order valence-corrected chi connectivity index (χ0v) is 16.3. The van der Waals surface area contributed by atoms with Gasteiger partial charge in [0.05, 0.1) is 12.0 Å². The fourth-order valence-corrected chi connectivity index (χ4v) is 5.27. The number of hydrogen-bond acceptors (Lipinski definition) is 3. The van der Waals surface area contributed by atoms with E-state index in [-0.39, 0.29) is 6.04 Å². The molecule has 2 aromatic carbocycles. The molecule has 1 saturated heterocycles. The van der Waals surface area contributed by atoms with Crippen LogP contribution in [0.5, 0.6) is 5.75 Å². The van der Waals surface area contributed by atoms with Crippen molar-refractivity contribution in [2.24, 2.45) is 0 Å². The molecule has 26 heavy (non-hydrogen) atoms. The molecule has 0 N–H and O–H groups in total. The first-order valence-corrected chi connectivity index (χ1v) is 10.7. The highest BCUT2D eigenvalue weighted by Gasteiger charge is 2.33. The largest absolute Gasteiger partial charge is 0.497 e. The Morgan fingerprint density at radius 1 is 1.04 bits per heavy atom. The van der Waals surface area contributed by atoms with E-state index in [9.17, 15) is 8.42 Å². The van der Waals surface area contributed by atoms with Crippen LogP contribution < -0.4 is 4.74 Å². The number of rotatable bonds is 6. The van der Waals surface area contributed by atoms with Crippen molar-refractivity contribution in [3.63, 3.8) is 0 Å². The van der Waals surface area contributed by atoms with E-state index in [1.807, 2.05) is 0 Å². The van der Waals surface area contributed by atoms with Gasteiger partial charge < -0.3 is 4.74 Å². The van der Waals surface area contributed by atoms with Crippen molar-refractivity contribution in [2.75, 3.05) is 13.7 Å². The molecule has 0 aliphatic carbocycles. The van der Waals surface area contributed by atoms with Gasteiger partial charge in [-0.15, -0.1) is 0 Å². The summed E-state index contributed by atoms with van der Waals surface area (Å²) in [6, 6.07) is 15.3. The van der Waals surface area contributed by atoms with Crippen molar-refractivity contribution < 1.29 is 13.2 Å². The van der Waals surface area contributed by atoms with Crippen LogP contribution in [0.2, 0.25) is 0 Å². The molecule has 0 saturated carbocycles. The molecule has 0 radical (unpaired) electrons. The molecule has 1 atom stereocenters. The van der Waals surface area contributed by atoms with E-state index >= 15 is 0 Å².